The molecule has 0 saturated carbocycles. The van der Waals surface area contributed by atoms with E-state index in [1.165, 1.54) is 4.88 Å². The zero-order valence-corrected chi connectivity index (χ0v) is 9.68. The Bertz CT molecular complexity index is 260. The van der Waals surface area contributed by atoms with Crippen LogP contribution in [0.25, 0.3) is 0 Å². The maximum atomic E-state index is 9.09. The van der Waals surface area contributed by atoms with E-state index in [-0.39, 0.29) is 18.1 Å². The first-order valence-corrected chi connectivity index (χ1v) is 5.93. The maximum Gasteiger partial charge on any atom is 0.0440 e. The van der Waals surface area contributed by atoms with Crippen LogP contribution in [0.1, 0.15) is 31.6 Å². The van der Waals surface area contributed by atoms with E-state index in [0.29, 0.717) is 0 Å². The molecule has 0 spiro atoms. The number of nitrogens with two attached hydrogens (primary N) is 1. The van der Waals surface area contributed by atoms with Crippen molar-refractivity contribution in [2.45, 2.75) is 38.1 Å². The van der Waals surface area contributed by atoms with Gasteiger partial charge in [-0.3, -0.25) is 0 Å². The van der Waals surface area contributed by atoms with Gasteiger partial charge in [-0.1, -0.05) is 19.9 Å². The largest absolute Gasteiger partial charge is 0.396 e. The summed E-state index contributed by atoms with van der Waals surface area (Å²) in [6.07, 6.45) is 1.68. The van der Waals surface area contributed by atoms with Crippen LogP contribution in [0.2, 0.25) is 0 Å². The van der Waals surface area contributed by atoms with Gasteiger partial charge in [0.1, 0.15) is 0 Å². The van der Waals surface area contributed by atoms with Gasteiger partial charge in [0.25, 0.3) is 0 Å². The first-order valence-electron chi connectivity index (χ1n) is 5.05. The second-order valence-corrected chi connectivity index (χ2v) is 4.83. The molecule has 0 fully saturated rings. The average molecular weight is 213 g/mol. The highest BCUT2D eigenvalue weighted by Gasteiger charge is 2.32. The van der Waals surface area contributed by atoms with Crippen LogP contribution >= 0.6 is 11.3 Å². The Morgan fingerprint density at radius 2 is 2.36 bits per heavy atom. The molecule has 0 aromatic carbocycles. The number of hydrogen-bond donors (Lipinski definition) is 2. The summed E-state index contributed by atoms with van der Waals surface area (Å²) in [6, 6.07) is 4.27. The molecule has 0 aliphatic heterocycles. The van der Waals surface area contributed by atoms with Crippen LogP contribution < -0.4 is 5.73 Å². The zero-order chi connectivity index (χ0) is 10.6. The van der Waals surface area contributed by atoms with E-state index >= 15 is 0 Å². The first-order chi connectivity index (χ1) is 6.65. The first kappa shape index (κ1) is 11.7. The lowest BCUT2D eigenvalue weighted by Gasteiger charge is -2.33. The Morgan fingerprint density at radius 1 is 1.64 bits per heavy atom. The summed E-state index contributed by atoms with van der Waals surface area (Å²) >= 11 is 1.72. The number of aliphatic hydroxyl groups excluding tert-OH is 1. The molecule has 0 saturated heterocycles. The van der Waals surface area contributed by atoms with Gasteiger partial charge in [0.05, 0.1) is 0 Å². The predicted molar refractivity (Wildman–Crippen MR) is 61.6 cm³/mol. The zero-order valence-electron chi connectivity index (χ0n) is 8.86. The molecule has 2 nitrogen and oxygen atoms in total. The highest BCUT2D eigenvalue weighted by molar-refractivity contribution is 7.10. The summed E-state index contributed by atoms with van der Waals surface area (Å²) in [7, 11) is 0. The smallest absolute Gasteiger partial charge is 0.0440 e. The molecule has 14 heavy (non-hydrogen) atoms. The molecule has 80 valence electrons. The fraction of sp³-hybridized carbons (Fsp3) is 0.636. The summed E-state index contributed by atoms with van der Waals surface area (Å²) in [6.45, 7) is 4.43. The summed E-state index contributed by atoms with van der Waals surface area (Å²) in [5.74, 6) is 0. The highest BCUT2D eigenvalue weighted by atomic mass is 32.1. The van der Waals surface area contributed by atoms with Crippen LogP contribution in [0.4, 0.5) is 0 Å². The number of rotatable bonds is 5. The van der Waals surface area contributed by atoms with Crippen molar-refractivity contribution >= 4 is 11.3 Å². The third kappa shape index (κ3) is 2.16. The topological polar surface area (TPSA) is 46.2 Å². The van der Waals surface area contributed by atoms with Crippen molar-refractivity contribution in [3.8, 4) is 0 Å². The number of hydrogen-bond acceptors (Lipinski definition) is 3. The highest BCUT2D eigenvalue weighted by Crippen LogP contribution is 2.34. The normalized spacial score (nSPS) is 17.7. The van der Waals surface area contributed by atoms with Crippen molar-refractivity contribution in [1.29, 1.82) is 0 Å². The van der Waals surface area contributed by atoms with Crippen molar-refractivity contribution in [2.24, 2.45) is 5.73 Å². The number of aliphatic hydroxyl groups is 1. The van der Waals surface area contributed by atoms with Gasteiger partial charge in [0.2, 0.25) is 0 Å². The fourth-order valence-electron chi connectivity index (χ4n) is 1.78. The average Bonchev–Trinajstić information content (AvgIpc) is 2.70. The van der Waals surface area contributed by atoms with Crippen LogP contribution in [0, 0.1) is 0 Å². The van der Waals surface area contributed by atoms with Crippen molar-refractivity contribution < 1.29 is 5.11 Å². The van der Waals surface area contributed by atoms with E-state index < -0.39 is 0 Å². The van der Waals surface area contributed by atoms with Gasteiger partial charge >= 0.3 is 0 Å². The van der Waals surface area contributed by atoms with E-state index in [2.05, 4.69) is 25.3 Å². The minimum atomic E-state index is -0.0718. The molecule has 0 amide bonds. The van der Waals surface area contributed by atoms with E-state index in [4.69, 9.17) is 10.8 Å². The second kappa shape index (κ2) is 4.91. The third-order valence-electron chi connectivity index (χ3n) is 2.97. The molecule has 3 heteroatoms. The third-order valence-corrected chi connectivity index (χ3v) is 4.12. The van der Waals surface area contributed by atoms with Crippen LogP contribution in [0.15, 0.2) is 17.5 Å². The van der Waals surface area contributed by atoms with Gasteiger partial charge in [-0.2, -0.15) is 0 Å². The molecule has 0 aliphatic carbocycles. The molecule has 0 radical (unpaired) electrons. The van der Waals surface area contributed by atoms with Gasteiger partial charge in [0, 0.05) is 22.9 Å². The molecule has 0 aliphatic rings. The lowest BCUT2D eigenvalue weighted by Crippen LogP contribution is -2.42. The van der Waals surface area contributed by atoms with E-state index in [1.807, 2.05) is 6.07 Å². The lowest BCUT2D eigenvalue weighted by molar-refractivity contribution is 0.225. The Balaban J connectivity index is 2.92. The summed E-state index contributed by atoms with van der Waals surface area (Å²) < 4.78 is 0. The SMILES string of the molecule is CCC(N)C(C)(CCO)c1cccs1. The van der Waals surface area contributed by atoms with Crippen molar-refractivity contribution in [3.63, 3.8) is 0 Å². The summed E-state index contributed by atoms with van der Waals surface area (Å²) in [5, 5.41) is 11.2. The molecule has 1 aromatic rings. The van der Waals surface area contributed by atoms with Gasteiger partial charge < -0.3 is 10.8 Å². The summed E-state index contributed by atoms with van der Waals surface area (Å²) in [4.78, 5) is 1.28. The molecule has 1 rings (SSSR count). The van der Waals surface area contributed by atoms with E-state index in [0.717, 1.165) is 12.8 Å². The van der Waals surface area contributed by atoms with E-state index in [9.17, 15) is 0 Å². The molecule has 1 heterocycles. The van der Waals surface area contributed by atoms with E-state index in [1.54, 1.807) is 11.3 Å². The van der Waals surface area contributed by atoms with Crippen LogP contribution in [0.5, 0.6) is 0 Å². The Morgan fingerprint density at radius 3 is 2.79 bits per heavy atom. The van der Waals surface area contributed by atoms with Gasteiger partial charge in [-0.25, -0.2) is 0 Å². The molecule has 1 aromatic heterocycles. The Labute approximate surface area is 89.8 Å². The standard InChI is InChI=1S/C11H19NOS/c1-3-9(12)11(2,6-7-13)10-5-4-8-14-10/h4-5,8-9,13H,3,6-7,12H2,1-2H3. The van der Waals surface area contributed by atoms with Crippen LogP contribution in [0.3, 0.4) is 0 Å². The second-order valence-electron chi connectivity index (χ2n) is 3.88. The molecule has 3 N–H and O–H groups in total. The molecule has 2 unspecified atom stereocenters. The maximum absolute atomic E-state index is 9.09. The lowest BCUT2D eigenvalue weighted by atomic mass is 9.77. The van der Waals surface area contributed by atoms with Gasteiger partial charge in [-0.15, -0.1) is 11.3 Å². The molecular weight excluding hydrogens is 194 g/mol. The minimum Gasteiger partial charge on any atom is -0.396 e. The quantitative estimate of drug-likeness (QED) is 0.787. The molecule has 2 atom stereocenters. The number of thiophene rings is 1. The van der Waals surface area contributed by atoms with Crippen LogP contribution in [-0.4, -0.2) is 17.8 Å². The van der Waals surface area contributed by atoms with Crippen molar-refractivity contribution in [1.82, 2.24) is 0 Å². The molecule has 0 bridgehead atoms. The molecular formula is C11H19NOS. The summed E-state index contributed by atoms with van der Waals surface area (Å²) in [5.41, 5.74) is 6.05. The van der Waals surface area contributed by atoms with Crippen molar-refractivity contribution in [2.75, 3.05) is 6.61 Å². The van der Waals surface area contributed by atoms with Gasteiger partial charge in [-0.05, 0) is 24.3 Å². The Hall–Kier alpha value is -0.380. The van der Waals surface area contributed by atoms with Crippen molar-refractivity contribution in [3.05, 3.63) is 22.4 Å². The monoisotopic (exact) mass is 213 g/mol. The minimum absolute atomic E-state index is 0.0718. The predicted octanol–water partition coefficient (Wildman–Crippen LogP) is 2.13. The van der Waals surface area contributed by atoms with Gasteiger partial charge in [0.15, 0.2) is 0 Å². The fourth-order valence-corrected chi connectivity index (χ4v) is 2.76. The van der Waals surface area contributed by atoms with Crippen LogP contribution in [-0.2, 0) is 5.41 Å². The Kier molecular flexibility index (Phi) is 4.11.